The van der Waals surface area contributed by atoms with Crippen molar-refractivity contribution in [1.82, 2.24) is 9.88 Å². The van der Waals surface area contributed by atoms with Gasteiger partial charge in [-0.2, -0.15) is 0 Å². The lowest BCUT2D eigenvalue weighted by Gasteiger charge is -2.23. The Morgan fingerprint density at radius 3 is 2.50 bits per heavy atom. The van der Waals surface area contributed by atoms with E-state index < -0.39 is 5.60 Å². The number of rotatable bonds is 5. The minimum Gasteiger partial charge on any atom is -0.385 e. The van der Waals surface area contributed by atoms with Crippen molar-refractivity contribution in [3.8, 4) is 0 Å². The Bertz CT molecular complexity index is 666. The fourth-order valence-corrected chi connectivity index (χ4v) is 2.64. The summed E-state index contributed by atoms with van der Waals surface area (Å²) in [6, 6.07) is 10.8. The number of halogens is 2. The number of carbonyl (C=O) groups excluding carboxylic acids is 1. The first-order valence-electron chi connectivity index (χ1n) is 6.85. The topological polar surface area (TPSA) is 54.3 Å². The van der Waals surface area contributed by atoms with E-state index in [9.17, 15) is 9.90 Å². The Hall–Kier alpha value is -1.49. The summed E-state index contributed by atoms with van der Waals surface area (Å²) in [6.45, 7) is 1.92. The summed E-state index contributed by atoms with van der Waals surface area (Å²) >= 11 is 11.9. The monoisotopic (exact) mass is 340 g/mol. The van der Waals surface area contributed by atoms with Gasteiger partial charge in [0.1, 0.15) is 5.15 Å². The van der Waals surface area contributed by atoms with Gasteiger partial charge in [-0.05, 0) is 18.6 Å². The van der Waals surface area contributed by atoms with Crippen LogP contribution < -0.4 is 5.32 Å². The van der Waals surface area contributed by atoms with Crippen molar-refractivity contribution >= 4 is 29.1 Å². The third kappa shape index (κ3) is 3.83. The SMILES string of the molecule is Cn1c(CNC(=O)CC(C)(O)c2ccccc2)cc(Cl)c1Cl. The zero-order valence-electron chi connectivity index (χ0n) is 12.4. The second kappa shape index (κ2) is 6.73. The van der Waals surface area contributed by atoms with Crippen LogP contribution in [0, 0.1) is 0 Å². The molecule has 1 amide bonds. The Kier molecular flexibility index (Phi) is 5.16. The zero-order chi connectivity index (χ0) is 16.3. The second-order valence-corrected chi connectivity index (χ2v) is 6.19. The molecule has 0 bridgehead atoms. The maximum atomic E-state index is 12.1. The molecule has 22 heavy (non-hydrogen) atoms. The molecular weight excluding hydrogens is 323 g/mol. The van der Waals surface area contributed by atoms with Crippen molar-refractivity contribution in [1.29, 1.82) is 0 Å². The van der Waals surface area contributed by atoms with Crippen molar-refractivity contribution in [2.75, 3.05) is 0 Å². The molecule has 6 heteroatoms. The Balaban J connectivity index is 1.97. The highest BCUT2D eigenvalue weighted by molar-refractivity contribution is 6.41. The van der Waals surface area contributed by atoms with Crippen LogP contribution in [-0.2, 0) is 24.0 Å². The number of amides is 1. The molecule has 1 atom stereocenters. The van der Waals surface area contributed by atoms with E-state index in [-0.39, 0.29) is 12.3 Å². The number of hydrogen-bond acceptors (Lipinski definition) is 2. The van der Waals surface area contributed by atoms with Crippen LogP contribution in [0.5, 0.6) is 0 Å². The molecule has 0 saturated heterocycles. The van der Waals surface area contributed by atoms with Gasteiger partial charge in [0.15, 0.2) is 0 Å². The highest BCUT2D eigenvalue weighted by Gasteiger charge is 2.26. The van der Waals surface area contributed by atoms with Crippen LogP contribution in [-0.4, -0.2) is 15.6 Å². The van der Waals surface area contributed by atoms with Gasteiger partial charge in [0.25, 0.3) is 0 Å². The van der Waals surface area contributed by atoms with Gasteiger partial charge >= 0.3 is 0 Å². The average Bonchev–Trinajstić information content (AvgIpc) is 2.73. The van der Waals surface area contributed by atoms with Crippen LogP contribution in [0.4, 0.5) is 0 Å². The van der Waals surface area contributed by atoms with Crippen LogP contribution in [0.2, 0.25) is 10.2 Å². The van der Waals surface area contributed by atoms with Crippen LogP contribution >= 0.6 is 23.2 Å². The standard InChI is InChI=1S/C16H18Cl2N2O2/c1-16(22,11-6-4-3-5-7-11)9-14(21)19-10-12-8-13(17)15(18)20(12)2/h3-8,22H,9-10H2,1-2H3,(H,19,21). The summed E-state index contributed by atoms with van der Waals surface area (Å²) in [5.41, 5.74) is 0.285. The molecule has 118 valence electrons. The molecule has 1 heterocycles. The maximum absolute atomic E-state index is 12.1. The molecule has 0 aliphatic rings. The quantitative estimate of drug-likeness (QED) is 0.877. The van der Waals surface area contributed by atoms with Gasteiger partial charge in [-0.3, -0.25) is 4.79 Å². The molecule has 0 aliphatic carbocycles. The first-order chi connectivity index (χ1) is 10.3. The van der Waals surface area contributed by atoms with Crippen molar-refractivity contribution in [3.63, 3.8) is 0 Å². The van der Waals surface area contributed by atoms with Crippen LogP contribution in [0.3, 0.4) is 0 Å². The molecular formula is C16H18Cl2N2O2. The molecule has 1 unspecified atom stereocenters. The highest BCUT2D eigenvalue weighted by Crippen LogP contribution is 2.26. The molecule has 0 saturated carbocycles. The molecule has 2 N–H and O–H groups in total. The lowest BCUT2D eigenvalue weighted by molar-refractivity contribution is -0.126. The third-order valence-corrected chi connectivity index (χ3v) is 4.42. The van der Waals surface area contributed by atoms with Crippen molar-refractivity contribution < 1.29 is 9.90 Å². The fourth-order valence-electron chi connectivity index (χ4n) is 2.22. The van der Waals surface area contributed by atoms with E-state index in [4.69, 9.17) is 23.2 Å². The van der Waals surface area contributed by atoms with E-state index in [1.165, 1.54) is 0 Å². The highest BCUT2D eigenvalue weighted by atomic mass is 35.5. The fraction of sp³-hybridized carbons (Fsp3) is 0.312. The van der Waals surface area contributed by atoms with Gasteiger partial charge in [-0.1, -0.05) is 53.5 Å². The molecule has 2 rings (SSSR count). The molecule has 0 spiro atoms. The van der Waals surface area contributed by atoms with E-state index in [2.05, 4.69) is 5.32 Å². The minimum absolute atomic E-state index is 0.0249. The number of hydrogen-bond donors (Lipinski definition) is 2. The number of nitrogens with zero attached hydrogens (tertiary/aromatic N) is 1. The van der Waals surface area contributed by atoms with E-state index in [1.807, 2.05) is 18.2 Å². The third-order valence-electron chi connectivity index (χ3n) is 3.58. The average molecular weight is 341 g/mol. The van der Waals surface area contributed by atoms with E-state index in [1.54, 1.807) is 36.7 Å². The number of aromatic nitrogens is 1. The summed E-state index contributed by atoms with van der Waals surface area (Å²) < 4.78 is 1.71. The zero-order valence-corrected chi connectivity index (χ0v) is 13.9. The van der Waals surface area contributed by atoms with Gasteiger partial charge in [0, 0.05) is 12.7 Å². The van der Waals surface area contributed by atoms with Gasteiger partial charge in [-0.25, -0.2) is 0 Å². The summed E-state index contributed by atoms with van der Waals surface area (Å²) in [5, 5.41) is 14.1. The smallest absolute Gasteiger partial charge is 0.223 e. The Morgan fingerprint density at radius 1 is 1.32 bits per heavy atom. The lowest BCUT2D eigenvalue weighted by Crippen LogP contribution is -2.32. The summed E-state index contributed by atoms with van der Waals surface area (Å²) in [6.07, 6.45) is -0.0249. The molecule has 2 aromatic rings. The predicted molar refractivity (Wildman–Crippen MR) is 87.9 cm³/mol. The molecule has 1 aromatic carbocycles. The second-order valence-electron chi connectivity index (χ2n) is 5.43. The predicted octanol–water partition coefficient (Wildman–Crippen LogP) is 3.25. The molecule has 0 fully saturated rings. The van der Waals surface area contributed by atoms with E-state index >= 15 is 0 Å². The van der Waals surface area contributed by atoms with Crippen LogP contribution in [0.15, 0.2) is 36.4 Å². The van der Waals surface area contributed by atoms with Gasteiger partial charge in [0.2, 0.25) is 5.91 Å². The van der Waals surface area contributed by atoms with Crippen molar-refractivity contribution in [2.24, 2.45) is 7.05 Å². The van der Waals surface area contributed by atoms with Crippen LogP contribution in [0.25, 0.3) is 0 Å². The largest absolute Gasteiger partial charge is 0.385 e. The van der Waals surface area contributed by atoms with Gasteiger partial charge in [0.05, 0.1) is 23.6 Å². The lowest BCUT2D eigenvalue weighted by atomic mass is 9.92. The van der Waals surface area contributed by atoms with Crippen LogP contribution in [0.1, 0.15) is 24.6 Å². The molecule has 0 radical (unpaired) electrons. The molecule has 0 aliphatic heterocycles. The molecule has 1 aromatic heterocycles. The summed E-state index contributed by atoms with van der Waals surface area (Å²) in [4.78, 5) is 12.1. The number of carbonyl (C=O) groups is 1. The minimum atomic E-state index is -1.21. The first kappa shape index (κ1) is 16.9. The first-order valence-corrected chi connectivity index (χ1v) is 7.61. The van der Waals surface area contributed by atoms with Gasteiger partial charge in [-0.15, -0.1) is 0 Å². The molecule has 4 nitrogen and oxygen atoms in total. The summed E-state index contributed by atoms with van der Waals surface area (Å²) in [7, 11) is 1.77. The Labute approximate surface area is 139 Å². The van der Waals surface area contributed by atoms with E-state index in [0.717, 1.165) is 5.69 Å². The van der Waals surface area contributed by atoms with E-state index in [0.29, 0.717) is 22.3 Å². The maximum Gasteiger partial charge on any atom is 0.223 e. The van der Waals surface area contributed by atoms with Gasteiger partial charge < -0.3 is 15.0 Å². The summed E-state index contributed by atoms with van der Waals surface area (Å²) in [5.74, 6) is -0.248. The van der Waals surface area contributed by atoms with Crippen molar-refractivity contribution in [3.05, 3.63) is 57.8 Å². The number of nitrogens with one attached hydrogen (secondary N) is 1. The number of benzene rings is 1. The van der Waals surface area contributed by atoms with Crippen molar-refractivity contribution in [2.45, 2.75) is 25.5 Å². The Morgan fingerprint density at radius 2 is 1.95 bits per heavy atom. The number of aliphatic hydroxyl groups is 1. The normalized spacial score (nSPS) is 13.7.